The van der Waals surface area contributed by atoms with E-state index < -0.39 is 10.0 Å². The number of nitrogens with one attached hydrogen (secondary N) is 3. The van der Waals surface area contributed by atoms with Crippen LogP contribution in [0.25, 0.3) is 39.5 Å². The van der Waals surface area contributed by atoms with Crippen molar-refractivity contribution < 1.29 is 13.2 Å². The molecular formula is C30H27N9O3S. The molecule has 0 saturated carbocycles. The Morgan fingerprint density at radius 3 is 2.53 bits per heavy atom. The largest absolute Gasteiger partial charge is 0.383 e. The predicted octanol–water partition coefficient (Wildman–Crippen LogP) is 4.20. The summed E-state index contributed by atoms with van der Waals surface area (Å²) in [7, 11) is -3.75. The predicted molar refractivity (Wildman–Crippen MR) is 164 cm³/mol. The minimum Gasteiger partial charge on any atom is -0.383 e. The van der Waals surface area contributed by atoms with Crippen LogP contribution in [-0.2, 0) is 21.4 Å². The Morgan fingerprint density at radius 2 is 1.81 bits per heavy atom. The summed E-state index contributed by atoms with van der Waals surface area (Å²) in [6, 6.07) is 22.2. The molecule has 0 atom stereocenters. The Labute approximate surface area is 247 Å². The second-order valence-corrected chi connectivity index (χ2v) is 11.6. The quantitative estimate of drug-likeness (QED) is 0.203. The van der Waals surface area contributed by atoms with E-state index in [1.807, 2.05) is 71.3 Å². The molecular weight excluding hydrogens is 566 g/mol. The maximum absolute atomic E-state index is 12.6. The molecule has 0 aliphatic carbocycles. The summed E-state index contributed by atoms with van der Waals surface area (Å²) in [5, 5.41) is 2.81. The number of aromatic amines is 1. The number of sulfonamides is 1. The highest BCUT2D eigenvalue weighted by Gasteiger charge is 2.20. The van der Waals surface area contributed by atoms with Crippen molar-refractivity contribution in [3.63, 3.8) is 0 Å². The first-order chi connectivity index (χ1) is 20.7. The van der Waals surface area contributed by atoms with Crippen molar-refractivity contribution in [3.05, 3.63) is 96.6 Å². The zero-order chi connectivity index (χ0) is 30.1. The molecule has 0 aliphatic rings. The Morgan fingerprint density at radius 1 is 1.00 bits per heavy atom. The molecule has 0 bridgehead atoms. The van der Waals surface area contributed by atoms with Crippen LogP contribution in [0, 0.1) is 6.92 Å². The van der Waals surface area contributed by atoms with E-state index in [1.54, 1.807) is 19.2 Å². The third-order valence-electron chi connectivity index (χ3n) is 6.69. The number of carbonyl (C=O) groups is 1. The van der Waals surface area contributed by atoms with Gasteiger partial charge in [-0.3, -0.25) is 9.36 Å². The highest BCUT2D eigenvalue weighted by Crippen LogP contribution is 2.32. The molecule has 12 nitrogen and oxygen atoms in total. The van der Waals surface area contributed by atoms with Crippen LogP contribution in [0.3, 0.4) is 0 Å². The van der Waals surface area contributed by atoms with Crippen LogP contribution in [0.1, 0.15) is 18.3 Å². The van der Waals surface area contributed by atoms with E-state index in [9.17, 15) is 13.2 Å². The van der Waals surface area contributed by atoms with Crippen molar-refractivity contribution >= 4 is 38.6 Å². The highest BCUT2D eigenvalue weighted by molar-refractivity contribution is 7.89. The Balaban J connectivity index is 1.40. The number of aromatic nitrogens is 6. The van der Waals surface area contributed by atoms with Crippen molar-refractivity contribution in [2.75, 3.05) is 11.1 Å². The number of fused-ring (bicyclic) bond motifs is 1. The van der Waals surface area contributed by atoms with Gasteiger partial charge in [0.15, 0.2) is 16.5 Å². The lowest BCUT2D eigenvalue weighted by Gasteiger charge is -2.12. The molecule has 6 aromatic rings. The maximum Gasteiger partial charge on any atom is 0.257 e. The Bertz CT molecular complexity index is 2080. The smallest absolute Gasteiger partial charge is 0.257 e. The highest BCUT2D eigenvalue weighted by atomic mass is 32.2. The summed E-state index contributed by atoms with van der Waals surface area (Å²) in [4.78, 5) is 32.4. The van der Waals surface area contributed by atoms with Crippen LogP contribution in [0.5, 0.6) is 0 Å². The third-order valence-corrected chi connectivity index (χ3v) is 8.00. The van der Waals surface area contributed by atoms with Gasteiger partial charge in [-0.2, -0.15) is 0 Å². The normalized spacial score (nSPS) is 11.6. The lowest BCUT2D eigenvalue weighted by molar-refractivity contribution is -0.114. The van der Waals surface area contributed by atoms with Gasteiger partial charge in [-0.1, -0.05) is 24.3 Å². The van der Waals surface area contributed by atoms with Gasteiger partial charge in [0.2, 0.25) is 5.91 Å². The van der Waals surface area contributed by atoms with Gasteiger partial charge in [0.05, 0.1) is 17.5 Å². The van der Waals surface area contributed by atoms with Gasteiger partial charge in [0, 0.05) is 36.6 Å². The molecule has 216 valence electrons. The Hall–Kier alpha value is -5.40. The fourth-order valence-electron chi connectivity index (χ4n) is 4.66. The fourth-order valence-corrected chi connectivity index (χ4v) is 5.65. The van der Waals surface area contributed by atoms with Gasteiger partial charge in [-0.15, -0.1) is 0 Å². The van der Waals surface area contributed by atoms with Crippen molar-refractivity contribution in [1.82, 2.24) is 34.2 Å². The van der Waals surface area contributed by atoms with Gasteiger partial charge < -0.3 is 16.0 Å². The number of benzene rings is 2. The first kappa shape index (κ1) is 27.8. The molecule has 0 aliphatic heterocycles. The van der Waals surface area contributed by atoms with E-state index >= 15 is 0 Å². The number of imidazole rings is 2. The van der Waals surface area contributed by atoms with E-state index in [4.69, 9.17) is 15.7 Å². The summed E-state index contributed by atoms with van der Waals surface area (Å²) in [6.45, 7) is 3.23. The molecule has 5 N–H and O–H groups in total. The number of carbonyl (C=O) groups excluding carboxylic acids is 1. The first-order valence-electron chi connectivity index (χ1n) is 13.3. The summed E-state index contributed by atoms with van der Waals surface area (Å²) in [5.41, 5.74) is 11.8. The molecule has 1 amide bonds. The number of nitrogen functional groups attached to an aromatic ring is 1. The molecule has 0 spiro atoms. The number of aryl methyl sites for hydroxylation is 1. The van der Waals surface area contributed by atoms with E-state index in [1.165, 1.54) is 13.1 Å². The number of pyridine rings is 2. The van der Waals surface area contributed by atoms with Crippen molar-refractivity contribution in [3.8, 4) is 28.3 Å². The lowest BCUT2D eigenvalue weighted by atomic mass is 10.1. The molecule has 2 aromatic carbocycles. The fraction of sp³-hybridized carbons (Fsp3) is 0.100. The second kappa shape index (κ2) is 11.1. The van der Waals surface area contributed by atoms with Gasteiger partial charge in [-0.25, -0.2) is 33.1 Å². The minimum absolute atomic E-state index is 0.00898. The molecule has 4 aromatic heterocycles. The summed E-state index contributed by atoms with van der Waals surface area (Å²) in [6.07, 6.45) is 2.90. The maximum atomic E-state index is 12.6. The van der Waals surface area contributed by atoms with E-state index in [0.29, 0.717) is 45.6 Å². The number of nitrogens with zero attached hydrogens (tertiary/aromatic N) is 5. The molecule has 43 heavy (non-hydrogen) atoms. The van der Waals surface area contributed by atoms with Crippen LogP contribution in [-0.4, -0.2) is 43.8 Å². The summed E-state index contributed by atoms with van der Waals surface area (Å²) < 4.78 is 29.8. The van der Waals surface area contributed by atoms with Crippen LogP contribution in [0.2, 0.25) is 0 Å². The number of H-pyrrole nitrogens is 1. The number of rotatable bonds is 8. The minimum atomic E-state index is -3.75. The summed E-state index contributed by atoms with van der Waals surface area (Å²) >= 11 is 0. The van der Waals surface area contributed by atoms with Crippen molar-refractivity contribution in [1.29, 1.82) is 0 Å². The molecule has 0 saturated heterocycles. The van der Waals surface area contributed by atoms with E-state index in [-0.39, 0.29) is 17.5 Å². The van der Waals surface area contributed by atoms with Gasteiger partial charge in [0.1, 0.15) is 17.2 Å². The third kappa shape index (κ3) is 5.71. The molecule has 0 radical (unpaired) electrons. The second-order valence-electron chi connectivity index (χ2n) is 9.83. The monoisotopic (exact) mass is 593 g/mol. The number of hydrogen-bond donors (Lipinski definition) is 4. The average Bonchev–Trinajstić information content (AvgIpc) is 3.60. The van der Waals surface area contributed by atoms with Crippen LogP contribution in [0.4, 0.5) is 11.5 Å². The molecule has 4 heterocycles. The van der Waals surface area contributed by atoms with Crippen molar-refractivity contribution in [2.24, 2.45) is 0 Å². The van der Waals surface area contributed by atoms with Gasteiger partial charge in [0.25, 0.3) is 10.0 Å². The SMILES string of the molecule is CC(=O)Nc1cccc(-c2ccc3nc(-c4cccnc4N)n(-c4ccc(CNS(=O)(=O)c5cnc(C)[nH]5)cc4)c3n2)c1. The number of amides is 1. The zero-order valence-electron chi connectivity index (χ0n) is 23.2. The standard InChI is InChI=1S/C30H27N9O3S/c1-18-33-17-27(35-18)43(41,42)34-16-20-8-10-23(11-9-20)39-29(24-7-4-14-32-28(24)31)38-26-13-12-25(37-30(26)39)21-5-3-6-22(15-21)36-19(2)40/h3-15,17,34H,16H2,1-2H3,(H2,31,32)(H,33,35)(H,36,40). The van der Waals surface area contributed by atoms with E-state index in [2.05, 4.69) is 25.0 Å². The summed E-state index contributed by atoms with van der Waals surface area (Å²) in [5.74, 6) is 1.23. The van der Waals surface area contributed by atoms with Crippen LogP contribution < -0.4 is 15.8 Å². The van der Waals surface area contributed by atoms with Crippen LogP contribution >= 0.6 is 0 Å². The average molecular weight is 594 g/mol. The van der Waals surface area contributed by atoms with Crippen LogP contribution in [0.15, 0.2) is 90.2 Å². The molecule has 13 heteroatoms. The number of anilines is 2. The first-order valence-corrected chi connectivity index (χ1v) is 14.8. The topological polar surface area (TPSA) is 174 Å². The van der Waals surface area contributed by atoms with Gasteiger partial charge in [-0.05, 0) is 61.0 Å². The number of hydrogen-bond acceptors (Lipinski definition) is 8. The molecule has 0 unspecified atom stereocenters. The van der Waals surface area contributed by atoms with E-state index in [0.717, 1.165) is 16.8 Å². The molecule has 0 fully saturated rings. The molecule has 6 rings (SSSR count). The number of nitrogens with two attached hydrogens (primary N) is 1. The van der Waals surface area contributed by atoms with Crippen molar-refractivity contribution in [2.45, 2.75) is 25.4 Å². The zero-order valence-corrected chi connectivity index (χ0v) is 24.1. The Kier molecular flexibility index (Phi) is 7.17. The van der Waals surface area contributed by atoms with Gasteiger partial charge >= 0.3 is 0 Å². The lowest BCUT2D eigenvalue weighted by Crippen LogP contribution is -2.23.